The number of nitrogens with one attached hydrogen (secondary N) is 2. The van der Waals surface area contributed by atoms with E-state index in [1.54, 1.807) is 19.1 Å². The molecule has 7 heteroatoms. The Morgan fingerprint density at radius 3 is 2.52 bits per heavy atom. The zero-order valence-electron chi connectivity index (χ0n) is 13.6. The summed E-state index contributed by atoms with van der Waals surface area (Å²) in [6.45, 7) is 2.99. The van der Waals surface area contributed by atoms with Crippen LogP contribution in [0.15, 0.2) is 18.2 Å². The van der Waals surface area contributed by atoms with Gasteiger partial charge in [-0.2, -0.15) is 0 Å². The zero-order chi connectivity index (χ0) is 16.7. The molecule has 1 aliphatic rings. The molecule has 23 heavy (non-hydrogen) atoms. The van der Waals surface area contributed by atoms with Crippen LogP contribution in [-0.2, 0) is 16.0 Å². The van der Waals surface area contributed by atoms with E-state index in [1.165, 1.54) is 0 Å². The maximum atomic E-state index is 12.0. The van der Waals surface area contributed by atoms with E-state index in [4.69, 9.17) is 9.47 Å². The van der Waals surface area contributed by atoms with Crippen LogP contribution < -0.4 is 20.1 Å². The van der Waals surface area contributed by atoms with Gasteiger partial charge in [-0.05, 0) is 24.1 Å². The van der Waals surface area contributed by atoms with Crippen molar-refractivity contribution in [2.45, 2.75) is 6.42 Å². The van der Waals surface area contributed by atoms with Gasteiger partial charge in [-0.25, -0.2) is 0 Å². The summed E-state index contributed by atoms with van der Waals surface area (Å²) in [5.74, 6) is 0.300. The Bertz CT molecular complexity index is 556. The van der Waals surface area contributed by atoms with Gasteiger partial charge in [0.2, 0.25) is 0 Å². The molecule has 7 nitrogen and oxygen atoms in total. The highest BCUT2D eigenvalue weighted by Gasteiger charge is 2.22. The van der Waals surface area contributed by atoms with Gasteiger partial charge < -0.3 is 25.0 Å². The second-order valence-corrected chi connectivity index (χ2v) is 5.24. The number of rotatable bonds is 5. The summed E-state index contributed by atoms with van der Waals surface area (Å²) in [6.07, 6.45) is 0.612. The minimum atomic E-state index is -0.549. The Labute approximate surface area is 135 Å². The molecule has 1 aromatic carbocycles. The number of amides is 2. The topological polar surface area (TPSA) is 79.9 Å². The van der Waals surface area contributed by atoms with E-state index in [2.05, 4.69) is 10.6 Å². The van der Waals surface area contributed by atoms with E-state index < -0.39 is 11.8 Å². The average Bonchev–Trinajstić information content (AvgIpc) is 2.61. The van der Waals surface area contributed by atoms with Crippen molar-refractivity contribution in [3.63, 3.8) is 0 Å². The summed E-state index contributed by atoms with van der Waals surface area (Å²) in [5.41, 5.74) is 0.998. The Kier molecular flexibility index (Phi) is 6.22. The first kappa shape index (κ1) is 17.1. The maximum Gasteiger partial charge on any atom is 0.311 e. The molecule has 0 aliphatic carbocycles. The van der Waals surface area contributed by atoms with Gasteiger partial charge in [0, 0.05) is 32.7 Å². The molecule has 1 saturated heterocycles. The second kappa shape index (κ2) is 8.38. The standard InChI is InChI=1S/C16H23N3O4/c1-22-13-4-3-12(11-14(13)23-2)5-6-18-15(20)16(21)19-9-7-17-8-10-19/h3-4,11,17H,5-10H2,1-2H3,(H,18,20). The summed E-state index contributed by atoms with van der Waals surface area (Å²) in [4.78, 5) is 25.4. The van der Waals surface area contributed by atoms with E-state index in [9.17, 15) is 9.59 Å². The molecule has 0 atom stereocenters. The number of ether oxygens (including phenoxy) is 2. The van der Waals surface area contributed by atoms with Gasteiger partial charge in [0.05, 0.1) is 14.2 Å². The van der Waals surface area contributed by atoms with Crippen molar-refractivity contribution in [1.29, 1.82) is 0 Å². The number of benzene rings is 1. The van der Waals surface area contributed by atoms with Crippen LogP contribution >= 0.6 is 0 Å². The Morgan fingerprint density at radius 2 is 1.87 bits per heavy atom. The lowest BCUT2D eigenvalue weighted by Gasteiger charge is -2.26. The van der Waals surface area contributed by atoms with E-state index in [-0.39, 0.29) is 0 Å². The summed E-state index contributed by atoms with van der Waals surface area (Å²) in [7, 11) is 3.16. The molecule has 2 amide bonds. The van der Waals surface area contributed by atoms with Crippen molar-refractivity contribution < 1.29 is 19.1 Å². The fourth-order valence-corrected chi connectivity index (χ4v) is 2.44. The van der Waals surface area contributed by atoms with Crippen LogP contribution in [0.3, 0.4) is 0 Å². The number of methoxy groups -OCH3 is 2. The SMILES string of the molecule is COc1ccc(CCNC(=O)C(=O)N2CCNCC2)cc1OC. The Balaban J connectivity index is 1.82. The largest absolute Gasteiger partial charge is 0.493 e. The monoisotopic (exact) mass is 321 g/mol. The third-order valence-corrected chi connectivity index (χ3v) is 3.75. The minimum absolute atomic E-state index is 0.395. The van der Waals surface area contributed by atoms with Crippen LogP contribution in [0.2, 0.25) is 0 Å². The Hall–Kier alpha value is -2.28. The van der Waals surface area contributed by atoms with Gasteiger partial charge in [0.15, 0.2) is 11.5 Å². The predicted molar refractivity (Wildman–Crippen MR) is 85.7 cm³/mol. The van der Waals surface area contributed by atoms with Crippen molar-refractivity contribution in [3.05, 3.63) is 23.8 Å². The smallest absolute Gasteiger partial charge is 0.311 e. The van der Waals surface area contributed by atoms with Crippen LogP contribution in [0.1, 0.15) is 5.56 Å². The van der Waals surface area contributed by atoms with Gasteiger partial charge in [-0.15, -0.1) is 0 Å². The molecular formula is C16H23N3O4. The van der Waals surface area contributed by atoms with Crippen molar-refractivity contribution >= 4 is 11.8 Å². The third-order valence-electron chi connectivity index (χ3n) is 3.75. The maximum absolute atomic E-state index is 12.0. The molecule has 0 radical (unpaired) electrons. The highest BCUT2D eigenvalue weighted by molar-refractivity contribution is 6.35. The first-order valence-electron chi connectivity index (χ1n) is 7.64. The number of piperazine rings is 1. The average molecular weight is 321 g/mol. The lowest BCUT2D eigenvalue weighted by atomic mass is 10.1. The molecule has 2 N–H and O–H groups in total. The molecule has 1 aromatic rings. The van der Waals surface area contributed by atoms with Crippen molar-refractivity contribution in [2.75, 3.05) is 46.9 Å². The zero-order valence-corrected chi connectivity index (χ0v) is 13.6. The molecule has 0 saturated carbocycles. The van der Waals surface area contributed by atoms with Crippen molar-refractivity contribution in [2.24, 2.45) is 0 Å². The van der Waals surface area contributed by atoms with Gasteiger partial charge >= 0.3 is 11.8 Å². The van der Waals surface area contributed by atoms with Gasteiger partial charge in [-0.1, -0.05) is 6.07 Å². The molecule has 0 bridgehead atoms. The lowest BCUT2D eigenvalue weighted by Crippen LogP contribution is -2.51. The van der Waals surface area contributed by atoms with Gasteiger partial charge in [0.1, 0.15) is 0 Å². The van der Waals surface area contributed by atoms with Crippen LogP contribution in [0.4, 0.5) is 0 Å². The van der Waals surface area contributed by atoms with Gasteiger partial charge in [-0.3, -0.25) is 9.59 Å². The number of hydrogen-bond donors (Lipinski definition) is 2. The highest BCUT2D eigenvalue weighted by Crippen LogP contribution is 2.27. The summed E-state index contributed by atoms with van der Waals surface area (Å²) >= 11 is 0. The molecule has 0 unspecified atom stereocenters. The first-order valence-corrected chi connectivity index (χ1v) is 7.64. The summed E-state index contributed by atoms with van der Waals surface area (Å²) in [5, 5.41) is 5.82. The molecule has 2 rings (SSSR count). The van der Waals surface area contributed by atoms with E-state index >= 15 is 0 Å². The number of nitrogens with zero attached hydrogens (tertiary/aromatic N) is 1. The normalized spacial score (nSPS) is 14.3. The van der Waals surface area contributed by atoms with Crippen LogP contribution in [-0.4, -0.2) is 63.7 Å². The molecule has 1 fully saturated rings. The van der Waals surface area contributed by atoms with Crippen LogP contribution in [0.25, 0.3) is 0 Å². The van der Waals surface area contributed by atoms with Gasteiger partial charge in [0.25, 0.3) is 0 Å². The number of hydrogen-bond acceptors (Lipinski definition) is 5. The molecule has 126 valence electrons. The van der Waals surface area contributed by atoms with Crippen LogP contribution in [0, 0.1) is 0 Å². The van der Waals surface area contributed by atoms with Crippen molar-refractivity contribution in [1.82, 2.24) is 15.5 Å². The third kappa shape index (κ3) is 4.59. The molecule has 1 aliphatic heterocycles. The predicted octanol–water partition coefficient (Wildman–Crippen LogP) is -0.206. The number of carbonyl (C=O) groups is 2. The summed E-state index contributed by atoms with van der Waals surface area (Å²) < 4.78 is 10.4. The molecular weight excluding hydrogens is 298 g/mol. The van der Waals surface area contributed by atoms with Crippen molar-refractivity contribution in [3.8, 4) is 11.5 Å². The molecule has 1 heterocycles. The van der Waals surface area contributed by atoms with E-state index in [0.29, 0.717) is 37.6 Å². The lowest BCUT2D eigenvalue weighted by molar-refractivity contribution is -0.146. The van der Waals surface area contributed by atoms with Crippen LogP contribution in [0.5, 0.6) is 11.5 Å². The molecule has 0 aromatic heterocycles. The quantitative estimate of drug-likeness (QED) is 0.734. The number of carbonyl (C=O) groups excluding carboxylic acids is 2. The highest BCUT2D eigenvalue weighted by atomic mass is 16.5. The second-order valence-electron chi connectivity index (χ2n) is 5.24. The van der Waals surface area contributed by atoms with E-state index in [0.717, 1.165) is 18.7 Å². The summed E-state index contributed by atoms with van der Waals surface area (Å²) in [6, 6.07) is 5.59. The Morgan fingerprint density at radius 1 is 1.17 bits per heavy atom. The minimum Gasteiger partial charge on any atom is -0.493 e. The molecule has 0 spiro atoms. The fourth-order valence-electron chi connectivity index (χ4n) is 2.44. The first-order chi connectivity index (χ1) is 11.2. The fraction of sp³-hybridized carbons (Fsp3) is 0.500. The van der Waals surface area contributed by atoms with E-state index in [1.807, 2.05) is 18.2 Å².